The van der Waals surface area contributed by atoms with Gasteiger partial charge in [-0.15, -0.1) is 0 Å². The van der Waals surface area contributed by atoms with E-state index in [1.165, 1.54) is 0 Å². The smallest absolute Gasteiger partial charge is 0.300 e. The molecule has 12 heavy (non-hydrogen) atoms. The van der Waals surface area contributed by atoms with Crippen molar-refractivity contribution in [3.63, 3.8) is 0 Å². The number of quaternary nitrogens is 3. The molecule has 0 aliphatic rings. The van der Waals surface area contributed by atoms with Crippen LogP contribution in [0.2, 0.25) is 0 Å². The monoisotopic (exact) mass is 209 g/mol. The van der Waals surface area contributed by atoms with Crippen LogP contribution in [0.4, 0.5) is 0 Å². The van der Waals surface area contributed by atoms with Gasteiger partial charge in [-0.25, -0.2) is 0 Å². The summed E-state index contributed by atoms with van der Waals surface area (Å²) in [5, 5.41) is 7.42. The first kappa shape index (κ1) is 30.0. The zero-order valence-corrected chi connectivity index (χ0v) is 8.33. The lowest BCUT2D eigenvalue weighted by molar-refractivity contribution is -0.432. The Morgan fingerprint density at radius 3 is 1.17 bits per heavy atom. The molecule has 0 saturated carbocycles. The Balaban J connectivity index is -0.0000000221. The number of hydrogen-bond acceptors (Lipinski definition) is 5. The maximum atomic E-state index is 9.00. The second-order valence-electron chi connectivity index (χ2n) is 0.966. The second-order valence-corrected chi connectivity index (χ2v) is 1.86. The molecule has 0 radical (unpaired) electrons. The highest BCUT2D eigenvalue weighted by Gasteiger charge is 1.65. The van der Waals surface area contributed by atoms with Gasteiger partial charge in [0.1, 0.15) is 0 Å². The molecule has 0 aromatic heterocycles. The van der Waals surface area contributed by atoms with Gasteiger partial charge in [-0.2, -0.15) is 7.82 Å². The molecule has 0 aromatic rings. The zero-order valence-electron chi connectivity index (χ0n) is 7.44. The number of phosphoric acid groups is 1. The van der Waals surface area contributed by atoms with Crippen molar-refractivity contribution in [3.8, 4) is 0 Å². The second kappa shape index (κ2) is 13.1. The Morgan fingerprint density at radius 2 is 1.17 bits per heavy atom. The number of hydrogen-bond donors (Lipinski definition) is 4. The van der Waals surface area contributed by atoms with Crippen LogP contribution >= 0.6 is 7.82 Å². The van der Waals surface area contributed by atoms with Gasteiger partial charge in [0.15, 0.2) is 0 Å². The summed E-state index contributed by atoms with van der Waals surface area (Å²) in [7, 11) is -5.39. The van der Waals surface area contributed by atoms with E-state index in [1.54, 1.807) is 0 Å². The average Bonchev–Trinajstić information content (AvgIpc) is 1.19. The van der Waals surface area contributed by atoms with Gasteiger partial charge in [0, 0.05) is 6.92 Å². The molecule has 0 bridgehead atoms. The molecular weight excluding hydrogens is 193 g/mol. The average molecular weight is 209 g/mol. The minimum Gasteiger partial charge on any atom is -0.822 e. The van der Waals surface area contributed by atoms with Gasteiger partial charge in [0.05, 0.1) is 0 Å². The summed E-state index contributed by atoms with van der Waals surface area (Å²) in [6, 6.07) is 0. The summed E-state index contributed by atoms with van der Waals surface area (Å²) in [6.07, 6.45) is 0. The maximum absolute atomic E-state index is 9.00. The first-order chi connectivity index (χ1) is 3.73. The Bertz CT molecular complexity index is 120. The summed E-state index contributed by atoms with van der Waals surface area (Å²) in [6.45, 7) is 1.08. The molecule has 0 aliphatic carbocycles. The number of carboxylic acid groups (broad SMARTS) is 1. The molecule has 0 rings (SSSR count). The van der Waals surface area contributed by atoms with Gasteiger partial charge in [-0.3, -0.25) is 4.79 Å². The van der Waals surface area contributed by atoms with Crippen LogP contribution < -0.4 is 33.1 Å². The molecule has 0 saturated heterocycles. The number of rotatable bonds is 0. The fraction of sp³-hybridized carbons (Fsp3) is 0.500. The van der Waals surface area contributed by atoms with Gasteiger partial charge in [0.25, 0.3) is 5.97 Å². The molecule has 10 heteroatoms. The van der Waals surface area contributed by atoms with Crippen LogP contribution in [-0.2, 0) is 9.36 Å². The lowest BCUT2D eigenvalue weighted by Crippen LogP contribution is -2.24. The lowest BCUT2D eigenvalue weighted by atomic mass is 10.9. The molecule has 0 spiro atoms. The van der Waals surface area contributed by atoms with Crippen molar-refractivity contribution in [2.45, 2.75) is 6.92 Å². The van der Waals surface area contributed by atoms with Gasteiger partial charge in [-0.1, -0.05) is 0 Å². The van der Waals surface area contributed by atoms with E-state index in [-0.39, 0.29) is 18.5 Å². The highest BCUT2D eigenvalue weighted by Crippen LogP contribution is 2.03. The summed E-state index contributed by atoms with van der Waals surface area (Å²) < 4.78 is 8.55. The molecule has 0 atom stereocenters. The summed E-state index contributed by atoms with van der Waals surface area (Å²) in [5.41, 5.74) is 0. The molecule has 0 aliphatic heterocycles. The SMILES string of the molecule is CC(=O)O.O=P([O-])([O-])[O-].[NH4+].[NH4+].[NH4+]. The van der Waals surface area contributed by atoms with Crippen LogP contribution in [0.5, 0.6) is 0 Å². The van der Waals surface area contributed by atoms with E-state index in [0.29, 0.717) is 0 Å². The lowest BCUT2D eigenvalue weighted by Gasteiger charge is -2.36. The molecule has 13 N–H and O–H groups in total. The van der Waals surface area contributed by atoms with Crippen LogP contribution in [0.25, 0.3) is 0 Å². The molecule has 0 amide bonds. The van der Waals surface area contributed by atoms with Crippen LogP contribution in [-0.4, -0.2) is 11.1 Å². The molecule has 0 aromatic carbocycles. The molecule has 0 fully saturated rings. The standard InChI is InChI=1S/C2H4O2.3H3N.H3O4P/c1-2(3)4;;;;1-5(2,3)4/h1H3,(H,3,4);3*1H3;(H3,1,2,3,4). The molecule has 80 valence electrons. The van der Waals surface area contributed by atoms with Crippen molar-refractivity contribution in [2.24, 2.45) is 0 Å². The summed E-state index contributed by atoms with van der Waals surface area (Å²) in [5.74, 6) is -0.833. The molecule has 0 heterocycles. The molecule has 9 nitrogen and oxygen atoms in total. The van der Waals surface area contributed by atoms with E-state index in [9.17, 15) is 0 Å². The first-order valence-corrected chi connectivity index (χ1v) is 3.12. The van der Waals surface area contributed by atoms with Gasteiger partial charge >= 0.3 is 0 Å². The van der Waals surface area contributed by atoms with E-state index in [2.05, 4.69) is 0 Å². The third-order valence-electron chi connectivity index (χ3n) is 0. The minimum absolute atomic E-state index is 0. The Kier molecular flexibility index (Phi) is 32.7. The normalized spacial score (nSPS) is 7.00. The van der Waals surface area contributed by atoms with Crippen LogP contribution in [0.15, 0.2) is 0 Å². The van der Waals surface area contributed by atoms with Crippen molar-refractivity contribution < 1.29 is 29.1 Å². The van der Waals surface area contributed by atoms with Gasteiger partial charge in [-0.05, 0) is 0 Å². The van der Waals surface area contributed by atoms with Crippen molar-refractivity contribution in [3.05, 3.63) is 0 Å². The Hall–Kier alpha value is -0.540. The number of carboxylic acids is 1. The van der Waals surface area contributed by atoms with Crippen molar-refractivity contribution in [1.29, 1.82) is 0 Å². The highest BCUT2D eigenvalue weighted by atomic mass is 31.2. The predicted octanol–water partition coefficient (Wildman–Crippen LogP) is -1.61. The predicted molar refractivity (Wildman–Crippen MR) is 38.9 cm³/mol. The summed E-state index contributed by atoms with van der Waals surface area (Å²) in [4.78, 5) is 34.6. The fourth-order valence-corrected chi connectivity index (χ4v) is 0. The molecular formula is C2H16N3O6P. The van der Waals surface area contributed by atoms with Crippen LogP contribution in [0.3, 0.4) is 0 Å². The Labute approximate surface area is 69.4 Å². The van der Waals surface area contributed by atoms with E-state index in [0.717, 1.165) is 6.92 Å². The Morgan fingerprint density at radius 1 is 1.17 bits per heavy atom. The van der Waals surface area contributed by atoms with E-state index in [1.807, 2.05) is 0 Å². The van der Waals surface area contributed by atoms with Gasteiger partial charge in [0.2, 0.25) is 0 Å². The van der Waals surface area contributed by atoms with E-state index >= 15 is 0 Å². The number of aliphatic carboxylic acids is 1. The largest absolute Gasteiger partial charge is 0.822 e. The topological polar surface area (TPSA) is 233 Å². The van der Waals surface area contributed by atoms with Crippen LogP contribution in [0, 0.1) is 0 Å². The quantitative estimate of drug-likeness (QED) is 0.342. The van der Waals surface area contributed by atoms with Crippen LogP contribution in [0.1, 0.15) is 6.92 Å². The fourth-order valence-electron chi connectivity index (χ4n) is 0. The van der Waals surface area contributed by atoms with Gasteiger partial charge < -0.3 is 42.8 Å². The van der Waals surface area contributed by atoms with Crippen molar-refractivity contribution in [1.82, 2.24) is 18.5 Å². The molecule has 0 unspecified atom stereocenters. The third-order valence-corrected chi connectivity index (χ3v) is 0. The van der Waals surface area contributed by atoms with E-state index in [4.69, 9.17) is 29.1 Å². The highest BCUT2D eigenvalue weighted by molar-refractivity contribution is 7.40. The van der Waals surface area contributed by atoms with Crippen molar-refractivity contribution in [2.75, 3.05) is 0 Å². The zero-order chi connectivity index (χ0) is 8.08. The van der Waals surface area contributed by atoms with Crippen molar-refractivity contribution >= 4 is 13.8 Å². The number of carbonyl (C=O) groups is 1. The maximum Gasteiger partial charge on any atom is 0.300 e. The third kappa shape index (κ3) is 2320. The summed E-state index contributed by atoms with van der Waals surface area (Å²) >= 11 is 0. The first-order valence-electron chi connectivity index (χ1n) is 1.66. The minimum atomic E-state index is -5.39. The van der Waals surface area contributed by atoms with E-state index < -0.39 is 13.8 Å².